The average molecular weight is 434 g/mol. The lowest BCUT2D eigenvalue weighted by Gasteiger charge is -2.13. The van der Waals surface area contributed by atoms with Crippen LogP contribution in [0.5, 0.6) is 11.5 Å². The number of para-hydroxylation sites is 2. The van der Waals surface area contributed by atoms with E-state index in [-0.39, 0.29) is 33.8 Å². The number of ether oxygens (including phenoxy) is 1. The number of Topliss-reactive ketones (excluding diaryl/α,β-unsaturated/α-hetero) is 4. The molecule has 5 heteroatoms. The summed E-state index contributed by atoms with van der Waals surface area (Å²) in [6, 6.07) is 29.0. The Hall–Kier alpha value is -4.64. The van der Waals surface area contributed by atoms with Crippen LogP contribution in [0.15, 0.2) is 109 Å². The second-order valence-electron chi connectivity index (χ2n) is 7.14. The van der Waals surface area contributed by atoms with E-state index in [9.17, 15) is 19.2 Å². The molecule has 4 rings (SSSR count). The zero-order chi connectivity index (χ0) is 23.2. The molecule has 4 aromatic rings. The van der Waals surface area contributed by atoms with Gasteiger partial charge in [0.05, 0.1) is 11.1 Å². The molecule has 0 atom stereocenters. The number of rotatable bonds is 8. The van der Waals surface area contributed by atoms with Crippen LogP contribution in [0.25, 0.3) is 0 Å². The lowest BCUT2D eigenvalue weighted by molar-refractivity contribution is 0.0813. The van der Waals surface area contributed by atoms with Crippen LogP contribution in [0, 0.1) is 0 Å². The fourth-order valence-corrected chi connectivity index (χ4v) is 3.29. The summed E-state index contributed by atoms with van der Waals surface area (Å²) in [5.74, 6) is -2.59. The Labute approximate surface area is 190 Å². The SMILES string of the molecule is O=C(C(=O)c1ccccc1Oc1ccccc1C(=O)C(=O)c1ccccc1)c1ccccc1. The molecule has 0 fully saturated rings. The third kappa shape index (κ3) is 4.67. The van der Waals surface area contributed by atoms with E-state index in [1.807, 2.05) is 0 Å². The van der Waals surface area contributed by atoms with E-state index in [1.54, 1.807) is 84.9 Å². The third-order valence-electron chi connectivity index (χ3n) is 4.97. The second-order valence-corrected chi connectivity index (χ2v) is 7.14. The van der Waals surface area contributed by atoms with E-state index >= 15 is 0 Å². The molecule has 0 aliphatic rings. The zero-order valence-corrected chi connectivity index (χ0v) is 17.4. The van der Waals surface area contributed by atoms with Crippen molar-refractivity contribution in [1.82, 2.24) is 0 Å². The van der Waals surface area contributed by atoms with Crippen LogP contribution in [0.4, 0.5) is 0 Å². The molecule has 0 heterocycles. The topological polar surface area (TPSA) is 77.5 Å². The maximum Gasteiger partial charge on any atom is 0.237 e. The van der Waals surface area contributed by atoms with Crippen molar-refractivity contribution in [3.63, 3.8) is 0 Å². The first kappa shape index (κ1) is 21.6. The summed E-state index contributed by atoms with van der Waals surface area (Å²) in [5.41, 5.74) is 0.647. The van der Waals surface area contributed by atoms with E-state index in [0.29, 0.717) is 0 Å². The Balaban J connectivity index is 1.65. The fraction of sp³-hybridized carbons (Fsp3) is 0. The predicted molar refractivity (Wildman–Crippen MR) is 123 cm³/mol. The van der Waals surface area contributed by atoms with Crippen molar-refractivity contribution in [3.05, 3.63) is 131 Å². The van der Waals surface area contributed by atoms with Crippen LogP contribution >= 0.6 is 0 Å². The van der Waals surface area contributed by atoms with Gasteiger partial charge in [0, 0.05) is 11.1 Å². The molecule has 33 heavy (non-hydrogen) atoms. The molecule has 0 aliphatic heterocycles. The zero-order valence-electron chi connectivity index (χ0n) is 17.4. The number of hydrogen-bond acceptors (Lipinski definition) is 5. The van der Waals surface area contributed by atoms with Gasteiger partial charge in [-0.05, 0) is 24.3 Å². The van der Waals surface area contributed by atoms with Crippen molar-refractivity contribution >= 4 is 23.1 Å². The molecular formula is C28H18O5. The Morgan fingerprint density at radius 2 is 0.727 bits per heavy atom. The molecule has 160 valence electrons. The van der Waals surface area contributed by atoms with Gasteiger partial charge in [0.2, 0.25) is 23.1 Å². The van der Waals surface area contributed by atoms with Crippen molar-refractivity contribution in [2.24, 2.45) is 0 Å². The Morgan fingerprint density at radius 1 is 0.394 bits per heavy atom. The van der Waals surface area contributed by atoms with Gasteiger partial charge in [0.1, 0.15) is 11.5 Å². The number of carbonyl (C=O) groups excluding carboxylic acids is 4. The number of hydrogen-bond donors (Lipinski definition) is 0. The van der Waals surface area contributed by atoms with Crippen molar-refractivity contribution in [3.8, 4) is 11.5 Å². The first-order valence-electron chi connectivity index (χ1n) is 10.2. The highest BCUT2D eigenvalue weighted by molar-refractivity contribution is 6.50. The minimum atomic E-state index is -0.735. The smallest absolute Gasteiger partial charge is 0.237 e. The number of benzene rings is 4. The van der Waals surface area contributed by atoms with E-state index in [1.165, 1.54) is 24.3 Å². The molecular weight excluding hydrogens is 416 g/mol. The van der Waals surface area contributed by atoms with Gasteiger partial charge in [-0.15, -0.1) is 0 Å². The van der Waals surface area contributed by atoms with Crippen LogP contribution in [-0.2, 0) is 0 Å². The van der Waals surface area contributed by atoms with Crippen LogP contribution < -0.4 is 4.74 Å². The highest BCUT2D eigenvalue weighted by Crippen LogP contribution is 2.30. The number of ketones is 4. The van der Waals surface area contributed by atoms with Gasteiger partial charge in [-0.2, -0.15) is 0 Å². The minimum absolute atomic E-state index is 0.0583. The lowest BCUT2D eigenvalue weighted by atomic mass is 10.00. The quantitative estimate of drug-likeness (QED) is 0.266. The number of carbonyl (C=O) groups is 4. The van der Waals surface area contributed by atoms with Crippen molar-refractivity contribution in [2.45, 2.75) is 0 Å². The molecule has 0 aliphatic carbocycles. The first-order valence-corrected chi connectivity index (χ1v) is 10.2. The van der Waals surface area contributed by atoms with E-state index < -0.39 is 23.1 Å². The van der Waals surface area contributed by atoms with Crippen LogP contribution in [0.1, 0.15) is 41.4 Å². The molecule has 0 amide bonds. The molecule has 0 unspecified atom stereocenters. The molecule has 0 saturated carbocycles. The normalized spacial score (nSPS) is 10.3. The summed E-state index contributed by atoms with van der Waals surface area (Å²) in [6.45, 7) is 0. The summed E-state index contributed by atoms with van der Waals surface area (Å²) in [4.78, 5) is 51.2. The van der Waals surface area contributed by atoms with Crippen LogP contribution in [0.3, 0.4) is 0 Å². The molecule has 0 spiro atoms. The Morgan fingerprint density at radius 3 is 1.12 bits per heavy atom. The summed E-state index contributed by atoms with van der Waals surface area (Å²) in [6.07, 6.45) is 0. The summed E-state index contributed by atoms with van der Waals surface area (Å²) < 4.78 is 5.91. The summed E-state index contributed by atoms with van der Waals surface area (Å²) in [7, 11) is 0. The summed E-state index contributed by atoms with van der Waals surface area (Å²) in [5, 5.41) is 0. The lowest BCUT2D eigenvalue weighted by Crippen LogP contribution is -2.16. The van der Waals surface area contributed by atoms with Crippen molar-refractivity contribution in [2.75, 3.05) is 0 Å². The molecule has 0 bridgehead atoms. The van der Waals surface area contributed by atoms with Crippen molar-refractivity contribution < 1.29 is 23.9 Å². The fourth-order valence-electron chi connectivity index (χ4n) is 3.29. The Kier molecular flexibility index (Phi) is 6.32. The standard InChI is InChI=1S/C28H18O5/c29-25(19-11-3-1-4-12-19)27(31)21-15-7-9-17-23(21)33-24-18-10-8-16-22(24)28(32)26(30)20-13-5-2-6-14-20/h1-18H. The Bertz CT molecular complexity index is 1240. The minimum Gasteiger partial charge on any atom is -0.456 e. The molecule has 5 nitrogen and oxygen atoms in total. The van der Waals surface area contributed by atoms with Gasteiger partial charge in [0.25, 0.3) is 0 Å². The van der Waals surface area contributed by atoms with Crippen LogP contribution in [0.2, 0.25) is 0 Å². The van der Waals surface area contributed by atoms with Gasteiger partial charge in [0.15, 0.2) is 0 Å². The monoisotopic (exact) mass is 434 g/mol. The van der Waals surface area contributed by atoms with Crippen molar-refractivity contribution in [1.29, 1.82) is 0 Å². The predicted octanol–water partition coefficient (Wildman–Crippen LogP) is 5.61. The average Bonchev–Trinajstić information content (AvgIpc) is 2.88. The maximum atomic E-state index is 12.9. The van der Waals surface area contributed by atoms with E-state index in [4.69, 9.17) is 4.74 Å². The van der Waals surface area contributed by atoms with Gasteiger partial charge >= 0.3 is 0 Å². The molecule has 4 aromatic carbocycles. The van der Waals surface area contributed by atoms with E-state index in [2.05, 4.69) is 0 Å². The second kappa shape index (κ2) is 9.66. The molecule has 0 radical (unpaired) electrons. The first-order chi connectivity index (χ1) is 16.1. The van der Waals surface area contributed by atoms with E-state index in [0.717, 1.165) is 0 Å². The summed E-state index contributed by atoms with van der Waals surface area (Å²) >= 11 is 0. The van der Waals surface area contributed by atoms with Crippen LogP contribution in [-0.4, -0.2) is 23.1 Å². The van der Waals surface area contributed by atoms with Gasteiger partial charge in [-0.25, -0.2) is 0 Å². The largest absolute Gasteiger partial charge is 0.456 e. The highest BCUT2D eigenvalue weighted by Gasteiger charge is 2.25. The van der Waals surface area contributed by atoms with Gasteiger partial charge in [-0.3, -0.25) is 19.2 Å². The molecule has 0 N–H and O–H groups in total. The van der Waals surface area contributed by atoms with Gasteiger partial charge < -0.3 is 4.74 Å². The maximum absolute atomic E-state index is 12.9. The molecule has 0 aromatic heterocycles. The third-order valence-corrected chi connectivity index (χ3v) is 4.97. The van der Waals surface area contributed by atoms with Gasteiger partial charge in [-0.1, -0.05) is 84.9 Å². The highest BCUT2D eigenvalue weighted by atomic mass is 16.5. The molecule has 0 saturated heterocycles.